The third kappa shape index (κ3) is 50.7. The number of carboxylic acid groups (broad SMARTS) is 5. The van der Waals surface area contributed by atoms with Crippen LogP contribution in [-0.2, 0) is 130 Å². The van der Waals surface area contributed by atoms with Crippen LogP contribution in [0.5, 0.6) is 0 Å². The van der Waals surface area contributed by atoms with E-state index in [-0.39, 0.29) is 95.1 Å². The summed E-state index contributed by atoms with van der Waals surface area (Å²) in [6.45, 7) is 9.30. The Balaban J connectivity index is 2.05. The molecule has 3 aromatic carbocycles. The van der Waals surface area contributed by atoms with Gasteiger partial charge >= 0.3 is 29.8 Å². The number of aliphatic carboxylic acids is 5. The number of carboxylic acids is 5. The highest BCUT2D eigenvalue weighted by atomic mass is 32.2. The van der Waals surface area contributed by atoms with E-state index in [2.05, 4.69) is 114 Å². The van der Waals surface area contributed by atoms with E-state index in [4.69, 9.17) is 16.6 Å². The van der Waals surface area contributed by atoms with Crippen molar-refractivity contribution in [2.45, 2.75) is 304 Å². The van der Waals surface area contributed by atoms with Gasteiger partial charge in [0.2, 0.25) is 100 Å². The number of carbonyl (C=O) groups is 23. The van der Waals surface area contributed by atoms with Gasteiger partial charge < -0.3 is 151 Å². The van der Waals surface area contributed by atoms with Crippen LogP contribution in [0, 0.1) is 11.8 Å². The highest BCUT2D eigenvalue weighted by Gasteiger charge is 2.42. The Kier molecular flexibility index (Phi) is 60.2. The molecule has 18 amide bonds. The monoisotopic (exact) mass is 2120 g/mol. The summed E-state index contributed by atoms with van der Waals surface area (Å²) in [4.78, 5) is 317. The van der Waals surface area contributed by atoms with Gasteiger partial charge in [-0.15, -0.1) is 0 Å². The molecule has 0 aliphatic carbocycles. The summed E-state index contributed by atoms with van der Waals surface area (Å²) in [6, 6.07) is -3.64. The van der Waals surface area contributed by atoms with Crippen LogP contribution in [0.15, 0.2) is 91.0 Å². The lowest BCUT2D eigenvalue weighted by Crippen LogP contribution is -2.69. The maximum absolute atomic E-state index is 15.2. The number of primary amides is 2. The smallest absolute Gasteiger partial charge is 0.326 e. The van der Waals surface area contributed by atoms with Gasteiger partial charge in [-0.05, 0) is 144 Å². The summed E-state index contributed by atoms with van der Waals surface area (Å²) in [5.74, 6) is -27.8. The standard InChI is InChI=1S/C97H149N23O28S/c1-7-54(4)80(96(146)119-71(50-75(104)122)93(143)111-65(97(147)148)34-20-24-43-101)120-87(137)63(36-38-77(125)126)109-92(142)70(49-74(103)121)117-91(141)69(48-58-29-15-10-16-30-58)116-90(140)68(47-57-27-13-9-14-28-57)115-84(134)61(32-18-22-41-99)108-95(145)73(52-79(129)130)118-85(135)62(33-19-23-42-100)107-89(139)66(45-53(2)3)113-83(133)60(31-17-21-40-98)106-81(131)55(5)105-88(138)67(46-56-25-11-8-12-26-56)114-86(136)64(39-44-149-6)110-94(144)72(51-78(127)128)112-82(132)59(102)35-37-76(123)124/h8-16,25-30,53-55,59-73,80H,7,17-24,31-52,98-102H2,1-6H3,(H2,103,121)(H2,104,122)(H,105,138)(H,106,131)(H,107,139)(H,108,145)(H,109,142)(H,110,144)(H,111,143)(H,112,132)(H,113,133)(H,114,136)(H,115,134)(H,116,140)(H,117,141)(H,118,135)(H,119,146)(H,120,137)(H,123,124)(H,125,126)(H,127,128)(H,129,130)(H,147,148)/p+5/t54-,55-,59-,60-,61-,62-,63-,64-,65-,66-,67-,68-,69-,70-,71-,72-,73-,80-/m0/s1. The molecule has 18 atom stereocenters. The van der Waals surface area contributed by atoms with Gasteiger partial charge in [0.15, 0.2) is 6.04 Å². The minimum atomic E-state index is -2.04. The highest BCUT2D eigenvalue weighted by Crippen LogP contribution is 2.19. The molecule has 0 aliphatic heterocycles. The van der Waals surface area contributed by atoms with Gasteiger partial charge in [0.1, 0.15) is 96.7 Å². The second kappa shape index (κ2) is 69.7. The first-order valence-corrected chi connectivity index (χ1v) is 51.1. The van der Waals surface area contributed by atoms with E-state index in [0.29, 0.717) is 75.0 Å². The minimum absolute atomic E-state index is 0.0521. The van der Waals surface area contributed by atoms with Gasteiger partial charge in [-0.25, -0.2) is 4.79 Å². The lowest BCUT2D eigenvalue weighted by molar-refractivity contribution is -0.405. The largest absolute Gasteiger partial charge is 0.481 e. The van der Waals surface area contributed by atoms with Crippen LogP contribution in [0.4, 0.5) is 0 Å². The minimum Gasteiger partial charge on any atom is -0.481 e. The average molecular weight is 2120 g/mol. The molecular weight excluding hydrogens is 1970 g/mol. The van der Waals surface area contributed by atoms with Crippen LogP contribution in [0.3, 0.4) is 0 Å². The fourth-order valence-electron chi connectivity index (χ4n) is 15.3. The molecular formula is C97H154N23O28S+5. The first-order chi connectivity index (χ1) is 70.6. The second-order valence-corrected chi connectivity index (χ2v) is 37.8. The number of rotatable bonds is 76. The number of benzene rings is 3. The second-order valence-electron chi connectivity index (χ2n) is 36.8. The van der Waals surface area contributed by atoms with Crippen molar-refractivity contribution in [3.63, 3.8) is 0 Å². The molecule has 0 unspecified atom stereocenters. The summed E-state index contributed by atoms with van der Waals surface area (Å²) in [6.07, 6.45) is -3.39. The van der Waals surface area contributed by atoms with Gasteiger partial charge in [-0.3, -0.25) is 105 Å². The summed E-state index contributed by atoms with van der Waals surface area (Å²) < 4.78 is 0. The van der Waals surface area contributed by atoms with Crippen molar-refractivity contribution in [2.75, 3.05) is 38.2 Å². The maximum Gasteiger partial charge on any atom is 0.326 e. The number of hydrogen-bond acceptors (Lipinski definition) is 24. The van der Waals surface area contributed by atoms with Gasteiger partial charge in [-0.1, -0.05) is 125 Å². The van der Waals surface area contributed by atoms with Crippen molar-refractivity contribution in [3.8, 4) is 0 Å². The molecule has 3 aromatic rings. The zero-order chi connectivity index (χ0) is 112. The number of hydrogen-bond donors (Lipinski definition) is 28. The Morgan fingerprint density at radius 3 is 0.893 bits per heavy atom. The van der Waals surface area contributed by atoms with Crippen molar-refractivity contribution >= 4 is 148 Å². The normalized spacial score (nSPS) is 14.7. The lowest BCUT2D eigenvalue weighted by Gasteiger charge is -2.29. The molecule has 0 aromatic heterocycles. The van der Waals surface area contributed by atoms with Crippen LogP contribution in [0.1, 0.15) is 199 Å². The topological polar surface area (TPSA) is 876 Å². The Hall–Kier alpha value is -14.4. The molecule has 51 nitrogen and oxygen atoms in total. The summed E-state index contributed by atoms with van der Waals surface area (Å²) in [5, 5.41) is 88.9. The van der Waals surface area contributed by atoms with Crippen LogP contribution in [-0.4, -0.2) is 303 Å². The number of thioether (sulfide) groups is 1. The van der Waals surface area contributed by atoms with Crippen molar-refractivity contribution < 1.29 is 164 Å². The Labute approximate surface area is 866 Å². The Morgan fingerprint density at radius 2 is 0.564 bits per heavy atom. The molecule has 826 valence electrons. The molecule has 0 heterocycles. The SMILES string of the molecule is CC[C@H](C)[C@H](NC(=O)[C@H](CCC(=O)O)NC(=O)[C@H](CC(N)=O)NC(=O)[C@H](Cc1ccccc1)NC(=O)[C@H](Cc1ccccc1)NC(=O)[C@H](CCCC[NH3+])NC(=O)[C@H](CC(=O)O)NC(=O)[C@H](CCCC[NH3+])NC(=O)[C@H](CC(C)C)NC(=O)[C@H](CCCC[NH3+])NC(=O)[C@H](C)NC(=O)[C@H](Cc1ccccc1)NC(=O)[C@H](CCSC)NC(=O)[C@H](CC(=O)O)NC(=O)[C@@H]([NH3+])CCC(=O)O)C(=O)N[C@@H](CC(N)=O)C(=O)N[C@@H](CCCC[NH3+])C(=O)O. The van der Waals surface area contributed by atoms with E-state index in [0.717, 1.165) is 0 Å². The molecule has 0 saturated heterocycles. The number of unbranched alkanes of at least 4 members (excludes halogenated alkanes) is 4. The van der Waals surface area contributed by atoms with E-state index in [1.807, 2.05) is 0 Å². The molecule has 0 spiro atoms. The van der Waals surface area contributed by atoms with Crippen LogP contribution in [0.2, 0.25) is 0 Å². The number of carbonyl (C=O) groups excluding carboxylic acids is 18. The molecule has 52 heteroatoms. The van der Waals surface area contributed by atoms with E-state index in [1.165, 1.54) is 25.6 Å². The van der Waals surface area contributed by atoms with Crippen molar-refractivity contribution in [2.24, 2.45) is 23.3 Å². The summed E-state index contributed by atoms with van der Waals surface area (Å²) in [5.41, 5.74) is 31.3. The van der Waals surface area contributed by atoms with Crippen molar-refractivity contribution in [1.29, 1.82) is 0 Å². The summed E-state index contributed by atoms with van der Waals surface area (Å²) in [7, 11) is 0. The van der Waals surface area contributed by atoms with E-state index in [9.17, 15) is 121 Å². The summed E-state index contributed by atoms with van der Waals surface area (Å²) >= 11 is 1.27. The molecule has 0 bridgehead atoms. The van der Waals surface area contributed by atoms with E-state index >= 15 is 9.59 Å². The Bertz CT molecular complexity index is 4940. The number of quaternary nitrogens is 5. The predicted octanol–water partition coefficient (Wildman–Crippen LogP) is -8.89. The third-order valence-corrected chi connectivity index (χ3v) is 24.5. The first-order valence-electron chi connectivity index (χ1n) is 49.7. The van der Waals surface area contributed by atoms with Crippen LogP contribution >= 0.6 is 11.8 Å². The number of nitrogens with two attached hydrogens (primary N) is 2. The van der Waals surface area contributed by atoms with Crippen LogP contribution < -0.4 is 125 Å². The molecule has 0 radical (unpaired) electrons. The van der Waals surface area contributed by atoms with E-state index in [1.54, 1.807) is 118 Å². The average Bonchev–Trinajstić information content (AvgIpc) is 0.850. The molecule has 0 aliphatic rings. The van der Waals surface area contributed by atoms with Gasteiger partial charge in [0, 0.05) is 32.1 Å². The van der Waals surface area contributed by atoms with Gasteiger partial charge in [-0.2, -0.15) is 11.8 Å². The van der Waals surface area contributed by atoms with Crippen molar-refractivity contribution in [1.82, 2.24) is 85.1 Å². The molecule has 40 N–H and O–H groups in total. The first kappa shape index (κ1) is 129. The molecule has 0 fully saturated rings. The van der Waals surface area contributed by atoms with Crippen molar-refractivity contribution in [3.05, 3.63) is 108 Å². The molecule has 149 heavy (non-hydrogen) atoms. The fourth-order valence-corrected chi connectivity index (χ4v) is 15.8. The van der Waals surface area contributed by atoms with E-state index < -0.39 is 296 Å². The third-order valence-electron chi connectivity index (χ3n) is 23.8. The number of amides is 18. The fraction of sp³-hybridized carbons (Fsp3) is 0.577. The highest BCUT2D eigenvalue weighted by molar-refractivity contribution is 7.98. The van der Waals surface area contributed by atoms with Crippen LogP contribution in [0.25, 0.3) is 0 Å². The molecule has 3 rings (SSSR count). The van der Waals surface area contributed by atoms with Gasteiger partial charge in [0.05, 0.1) is 58.3 Å². The number of nitrogens with one attached hydrogen (secondary N) is 16. The zero-order valence-corrected chi connectivity index (χ0v) is 86.1. The predicted molar refractivity (Wildman–Crippen MR) is 536 cm³/mol. The van der Waals surface area contributed by atoms with Gasteiger partial charge in [0.25, 0.3) is 5.91 Å². The molecule has 0 saturated carbocycles. The Morgan fingerprint density at radius 1 is 0.295 bits per heavy atom. The maximum atomic E-state index is 15.2. The lowest BCUT2D eigenvalue weighted by atomic mass is 9.96. The zero-order valence-electron chi connectivity index (χ0n) is 85.3. The quantitative estimate of drug-likeness (QED) is 0.0233.